The molecule has 3 rings (SSSR count). The van der Waals surface area contributed by atoms with Gasteiger partial charge in [-0.2, -0.15) is 0 Å². The molecule has 156 valence electrons. The largest absolute Gasteiger partial charge is 0.377 e. The number of anilines is 1. The highest BCUT2D eigenvalue weighted by Gasteiger charge is 2.39. The smallest absolute Gasteiger partial charge is 0.259 e. The minimum atomic E-state index is -4.29. The molecular weight excluding hydrogens is 477 g/mol. The second kappa shape index (κ2) is 7.71. The van der Waals surface area contributed by atoms with Crippen LogP contribution in [0.3, 0.4) is 0 Å². The van der Waals surface area contributed by atoms with Gasteiger partial charge in [0.05, 0.1) is 24.3 Å². The quantitative estimate of drug-likeness (QED) is 0.668. The number of benzene rings is 2. The number of amides is 1. The molecule has 0 atom stereocenters. The van der Waals surface area contributed by atoms with Crippen LogP contribution in [-0.2, 0) is 14.8 Å². The summed E-state index contributed by atoms with van der Waals surface area (Å²) in [5.74, 6) is -4.57. The Morgan fingerprint density at radius 2 is 1.83 bits per heavy atom. The van der Waals surface area contributed by atoms with Crippen LogP contribution in [0.4, 0.5) is 18.9 Å². The van der Waals surface area contributed by atoms with Crippen LogP contribution in [0.5, 0.6) is 0 Å². The van der Waals surface area contributed by atoms with E-state index in [0.29, 0.717) is 0 Å². The third kappa shape index (κ3) is 4.32. The summed E-state index contributed by atoms with van der Waals surface area (Å²) < 4.78 is 74.5. The van der Waals surface area contributed by atoms with Crippen molar-refractivity contribution in [1.82, 2.24) is 4.72 Å². The summed E-state index contributed by atoms with van der Waals surface area (Å²) in [5, 5.41) is 2.25. The first kappa shape index (κ1) is 21.8. The van der Waals surface area contributed by atoms with Gasteiger partial charge in [0.2, 0.25) is 10.0 Å². The Balaban J connectivity index is 1.95. The highest BCUT2D eigenvalue weighted by atomic mass is 79.9. The second-order valence-corrected chi connectivity index (χ2v) is 9.44. The highest BCUT2D eigenvalue weighted by Crippen LogP contribution is 2.29. The first-order valence-electron chi connectivity index (χ1n) is 8.30. The molecule has 1 amide bonds. The van der Waals surface area contributed by atoms with Crippen molar-refractivity contribution in [3.8, 4) is 0 Å². The molecule has 2 aromatic rings. The molecule has 29 heavy (non-hydrogen) atoms. The fourth-order valence-corrected chi connectivity index (χ4v) is 4.74. The van der Waals surface area contributed by atoms with Crippen molar-refractivity contribution >= 4 is 37.5 Å². The fraction of sp³-hybridized carbons (Fsp3) is 0.278. The molecule has 0 spiro atoms. The lowest BCUT2D eigenvalue weighted by Crippen LogP contribution is -2.59. The number of aryl methyl sites for hydroxylation is 1. The normalized spacial score (nSPS) is 15.7. The number of rotatable bonds is 5. The number of hydrogen-bond donors (Lipinski definition) is 2. The van der Waals surface area contributed by atoms with Gasteiger partial charge in [0.15, 0.2) is 17.5 Å². The van der Waals surface area contributed by atoms with Crippen LogP contribution in [-0.4, -0.2) is 33.1 Å². The van der Waals surface area contributed by atoms with Crippen molar-refractivity contribution in [2.75, 3.05) is 18.5 Å². The minimum Gasteiger partial charge on any atom is -0.377 e. The van der Waals surface area contributed by atoms with Gasteiger partial charge in [-0.05, 0) is 53.5 Å². The Kier molecular flexibility index (Phi) is 5.78. The lowest BCUT2D eigenvalue weighted by molar-refractivity contribution is -0.0523. The van der Waals surface area contributed by atoms with Crippen molar-refractivity contribution in [2.24, 2.45) is 0 Å². The molecule has 1 aliphatic heterocycles. The van der Waals surface area contributed by atoms with E-state index in [1.165, 1.54) is 19.1 Å². The third-order valence-electron chi connectivity index (χ3n) is 4.26. The average Bonchev–Trinajstić information content (AvgIpc) is 2.57. The molecule has 1 aliphatic rings. The maximum atomic E-state index is 15.0. The van der Waals surface area contributed by atoms with E-state index in [2.05, 4.69) is 26.0 Å². The summed E-state index contributed by atoms with van der Waals surface area (Å²) in [7, 11) is -4.29. The molecule has 1 fully saturated rings. The van der Waals surface area contributed by atoms with Crippen LogP contribution in [0, 0.1) is 24.4 Å². The minimum absolute atomic E-state index is 0.0102. The van der Waals surface area contributed by atoms with E-state index in [4.69, 9.17) is 4.74 Å². The molecule has 0 bridgehead atoms. The molecule has 6 nitrogen and oxygen atoms in total. The maximum Gasteiger partial charge on any atom is 0.259 e. The Bertz CT molecular complexity index is 1080. The van der Waals surface area contributed by atoms with Crippen LogP contribution in [0.1, 0.15) is 22.8 Å². The first-order valence-corrected chi connectivity index (χ1v) is 10.6. The monoisotopic (exact) mass is 492 g/mol. The van der Waals surface area contributed by atoms with Gasteiger partial charge in [0, 0.05) is 16.2 Å². The van der Waals surface area contributed by atoms with Crippen LogP contribution in [0.2, 0.25) is 0 Å². The predicted molar refractivity (Wildman–Crippen MR) is 103 cm³/mol. The number of carbonyl (C=O) groups is 1. The van der Waals surface area contributed by atoms with Gasteiger partial charge in [-0.1, -0.05) is 0 Å². The SMILES string of the molecule is Cc1cc(NC(=O)c2c(Br)ccc(S(=O)(=O)NC3(C)COC3)c2F)cc(F)c1F. The van der Waals surface area contributed by atoms with E-state index in [1.54, 1.807) is 6.92 Å². The second-order valence-electron chi connectivity index (χ2n) is 6.94. The van der Waals surface area contributed by atoms with Gasteiger partial charge in [0.1, 0.15) is 4.90 Å². The molecule has 0 unspecified atom stereocenters. The predicted octanol–water partition coefficient (Wildman–Crippen LogP) is 3.49. The standard InChI is InChI=1S/C18H16BrF3N2O4S/c1-9-5-10(6-12(20)15(9)21)23-17(25)14-11(19)3-4-13(16(14)22)29(26,27)24-18(2)7-28-8-18/h3-6,24H,7-8H2,1-2H3,(H,23,25). The summed E-state index contributed by atoms with van der Waals surface area (Å²) in [6.45, 7) is 3.17. The zero-order valence-electron chi connectivity index (χ0n) is 15.3. The summed E-state index contributed by atoms with van der Waals surface area (Å²) in [6, 6.07) is 4.14. The van der Waals surface area contributed by atoms with Crippen LogP contribution in [0.25, 0.3) is 0 Å². The van der Waals surface area contributed by atoms with Crippen LogP contribution >= 0.6 is 15.9 Å². The van der Waals surface area contributed by atoms with Crippen molar-refractivity contribution in [2.45, 2.75) is 24.3 Å². The summed E-state index contributed by atoms with van der Waals surface area (Å²) >= 11 is 3.02. The zero-order chi connectivity index (χ0) is 21.6. The van der Waals surface area contributed by atoms with E-state index < -0.39 is 49.4 Å². The summed E-state index contributed by atoms with van der Waals surface area (Å²) in [6.07, 6.45) is 0. The lowest BCUT2D eigenvalue weighted by atomic mass is 10.0. The van der Waals surface area contributed by atoms with Crippen molar-refractivity contribution < 1.29 is 31.1 Å². The van der Waals surface area contributed by atoms with Crippen molar-refractivity contribution in [3.63, 3.8) is 0 Å². The molecule has 0 saturated carbocycles. The first-order chi connectivity index (χ1) is 13.4. The average molecular weight is 493 g/mol. The van der Waals surface area contributed by atoms with E-state index in [1.807, 2.05) is 0 Å². The molecule has 2 aromatic carbocycles. The number of carbonyl (C=O) groups excluding carboxylic acids is 1. The summed E-state index contributed by atoms with van der Waals surface area (Å²) in [5.41, 5.74) is -1.63. The van der Waals surface area contributed by atoms with E-state index in [0.717, 1.165) is 12.1 Å². The van der Waals surface area contributed by atoms with E-state index in [-0.39, 0.29) is 28.9 Å². The summed E-state index contributed by atoms with van der Waals surface area (Å²) in [4.78, 5) is 11.8. The van der Waals surface area contributed by atoms with Crippen LogP contribution < -0.4 is 10.0 Å². The molecular formula is C18H16BrF3N2O4S. The Hall–Kier alpha value is -1.95. The Morgan fingerprint density at radius 1 is 1.17 bits per heavy atom. The molecule has 2 N–H and O–H groups in total. The number of halogens is 4. The van der Waals surface area contributed by atoms with Crippen molar-refractivity contribution in [3.05, 3.63) is 57.3 Å². The molecule has 0 radical (unpaired) electrons. The Morgan fingerprint density at radius 3 is 2.38 bits per heavy atom. The van der Waals surface area contributed by atoms with E-state index in [9.17, 15) is 22.0 Å². The van der Waals surface area contributed by atoms with Gasteiger partial charge in [0.25, 0.3) is 5.91 Å². The maximum absolute atomic E-state index is 15.0. The topological polar surface area (TPSA) is 84.5 Å². The molecule has 1 heterocycles. The van der Waals surface area contributed by atoms with Gasteiger partial charge in [-0.15, -0.1) is 0 Å². The number of nitrogens with one attached hydrogen (secondary N) is 2. The van der Waals surface area contributed by atoms with Crippen LogP contribution in [0.15, 0.2) is 33.6 Å². The van der Waals surface area contributed by atoms with Crippen molar-refractivity contribution in [1.29, 1.82) is 0 Å². The lowest BCUT2D eigenvalue weighted by Gasteiger charge is -2.38. The molecule has 0 aromatic heterocycles. The van der Waals surface area contributed by atoms with Gasteiger partial charge in [-0.3, -0.25) is 4.79 Å². The highest BCUT2D eigenvalue weighted by molar-refractivity contribution is 9.10. The number of ether oxygens (including phenoxy) is 1. The number of sulfonamides is 1. The zero-order valence-corrected chi connectivity index (χ0v) is 17.7. The molecule has 0 aliphatic carbocycles. The fourth-order valence-electron chi connectivity index (χ4n) is 2.79. The van der Waals surface area contributed by atoms with Gasteiger partial charge >= 0.3 is 0 Å². The van der Waals surface area contributed by atoms with E-state index >= 15 is 4.39 Å². The molecule has 11 heteroatoms. The van der Waals surface area contributed by atoms with Gasteiger partial charge < -0.3 is 10.1 Å². The molecule has 1 saturated heterocycles. The number of hydrogen-bond acceptors (Lipinski definition) is 4. The Labute approximate surface area is 173 Å². The third-order valence-corrected chi connectivity index (χ3v) is 6.58. The van der Waals surface area contributed by atoms with Gasteiger partial charge in [-0.25, -0.2) is 26.3 Å².